The van der Waals surface area contributed by atoms with Crippen LogP contribution in [0.3, 0.4) is 0 Å². The van der Waals surface area contributed by atoms with Gasteiger partial charge in [0.05, 0.1) is 24.1 Å². The van der Waals surface area contributed by atoms with E-state index >= 15 is 0 Å². The largest absolute Gasteiger partial charge is 0.465 e. The highest BCUT2D eigenvalue weighted by molar-refractivity contribution is 6.06. The van der Waals surface area contributed by atoms with Crippen molar-refractivity contribution in [1.82, 2.24) is 4.57 Å². The Bertz CT molecular complexity index is 1070. The van der Waals surface area contributed by atoms with Crippen molar-refractivity contribution in [3.63, 3.8) is 0 Å². The molecule has 150 valence electrons. The van der Waals surface area contributed by atoms with E-state index in [2.05, 4.69) is 5.16 Å². The molecule has 0 fully saturated rings. The van der Waals surface area contributed by atoms with Crippen molar-refractivity contribution in [1.29, 1.82) is 0 Å². The van der Waals surface area contributed by atoms with Gasteiger partial charge < -0.3 is 14.1 Å². The topological polar surface area (TPSA) is 96.0 Å². The minimum Gasteiger partial charge on any atom is -0.465 e. The predicted octanol–water partition coefficient (Wildman–Crippen LogP) is 4.17. The molecule has 3 rings (SSSR count). The first-order chi connectivity index (χ1) is 14.0. The minimum absolute atomic E-state index is 0.0293. The van der Waals surface area contributed by atoms with Gasteiger partial charge in [0.25, 0.3) is 5.69 Å². The van der Waals surface area contributed by atoms with Crippen molar-refractivity contribution in [3.8, 4) is 0 Å². The monoisotopic (exact) mass is 395 g/mol. The molecule has 8 heteroatoms. The molecule has 0 aliphatic carbocycles. The van der Waals surface area contributed by atoms with Gasteiger partial charge in [0.2, 0.25) is 0 Å². The zero-order valence-corrected chi connectivity index (χ0v) is 16.2. The molecule has 3 aromatic rings. The molecule has 0 spiro atoms. The molecule has 0 radical (unpaired) electrons. The van der Waals surface area contributed by atoms with E-state index in [1.54, 1.807) is 18.3 Å². The fourth-order valence-corrected chi connectivity index (χ4v) is 3.00. The lowest BCUT2D eigenvalue weighted by atomic mass is 10.1. The molecule has 0 saturated carbocycles. The van der Waals surface area contributed by atoms with E-state index in [-0.39, 0.29) is 12.2 Å². The number of oxime groups is 1. The highest BCUT2D eigenvalue weighted by Crippen LogP contribution is 2.23. The van der Waals surface area contributed by atoms with Gasteiger partial charge in [-0.25, -0.2) is 4.79 Å². The van der Waals surface area contributed by atoms with E-state index in [9.17, 15) is 14.9 Å². The molecule has 1 aromatic heterocycles. The fourth-order valence-electron chi connectivity index (χ4n) is 3.00. The third-order valence-electron chi connectivity index (χ3n) is 4.37. The number of carbonyl (C=O) groups excluding carboxylic acids is 1. The predicted molar refractivity (Wildman–Crippen MR) is 109 cm³/mol. The van der Waals surface area contributed by atoms with E-state index in [4.69, 9.17) is 9.57 Å². The summed E-state index contributed by atoms with van der Waals surface area (Å²) in [5.74, 6) is -0.434. The average molecular weight is 395 g/mol. The lowest BCUT2D eigenvalue weighted by molar-refractivity contribution is -0.384. The maximum atomic E-state index is 12.2. The Morgan fingerprint density at radius 2 is 2.00 bits per heavy atom. The first kappa shape index (κ1) is 20.1. The molecule has 1 heterocycles. The zero-order chi connectivity index (χ0) is 20.8. The van der Waals surface area contributed by atoms with Gasteiger partial charge in [-0.15, -0.1) is 0 Å². The first-order valence-corrected chi connectivity index (χ1v) is 9.15. The number of nitrogens with zero attached hydrogens (tertiary/aromatic N) is 3. The number of methoxy groups -OCH3 is 1. The van der Waals surface area contributed by atoms with Crippen molar-refractivity contribution in [2.24, 2.45) is 5.16 Å². The lowest BCUT2D eigenvalue weighted by Gasteiger charge is -2.10. The molecule has 0 N–H and O–H groups in total. The highest BCUT2D eigenvalue weighted by Gasteiger charge is 2.18. The van der Waals surface area contributed by atoms with Crippen molar-refractivity contribution < 1.29 is 19.3 Å². The zero-order valence-electron chi connectivity index (χ0n) is 16.2. The molecule has 2 aromatic carbocycles. The second kappa shape index (κ2) is 9.01. The summed E-state index contributed by atoms with van der Waals surface area (Å²) in [5, 5.41) is 16.1. The van der Waals surface area contributed by atoms with Crippen molar-refractivity contribution in [3.05, 3.63) is 76.0 Å². The molecule has 0 saturated heterocycles. The van der Waals surface area contributed by atoms with Crippen LogP contribution < -0.4 is 0 Å². The first-order valence-electron chi connectivity index (χ1n) is 9.15. The van der Waals surface area contributed by atoms with Gasteiger partial charge in [0.1, 0.15) is 12.3 Å². The summed E-state index contributed by atoms with van der Waals surface area (Å²) >= 11 is 0. The van der Waals surface area contributed by atoms with Crippen LogP contribution in [0.25, 0.3) is 10.9 Å². The van der Waals surface area contributed by atoms with E-state index in [0.29, 0.717) is 23.4 Å². The molecular formula is C21H21N3O5. The molecule has 0 amide bonds. The summed E-state index contributed by atoms with van der Waals surface area (Å²) < 4.78 is 6.74. The van der Waals surface area contributed by atoms with Crippen molar-refractivity contribution in [2.45, 2.75) is 19.9 Å². The Morgan fingerprint density at radius 3 is 2.72 bits per heavy atom. The third kappa shape index (κ3) is 4.43. The average Bonchev–Trinajstić information content (AvgIpc) is 3.11. The molecule has 0 bridgehead atoms. The second-order valence-corrected chi connectivity index (χ2v) is 6.36. The number of nitro benzene ring substituents is 1. The number of carbonyl (C=O) groups is 1. The summed E-state index contributed by atoms with van der Waals surface area (Å²) in [6, 6.07) is 13.7. The Kier molecular flexibility index (Phi) is 6.23. The van der Waals surface area contributed by atoms with Crippen LogP contribution in [0.2, 0.25) is 0 Å². The van der Waals surface area contributed by atoms with Crippen LogP contribution in [-0.4, -0.2) is 34.9 Å². The highest BCUT2D eigenvalue weighted by atomic mass is 16.6. The number of aromatic nitrogens is 1. The van der Waals surface area contributed by atoms with Crippen LogP contribution in [0.1, 0.15) is 29.3 Å². The number of nitro groups is 1. The lowest BCUT2D eigenvalue weighted by Crippen LogP contribution is -2.12. The van der Waals surface area contributed by atoms with Gasteiger partial charge in [-0.05, 0) is 12.5 Å². The quantitative estimate of drug-likeness (QED) is 0.188. The molecular weight excluding hydrogens is 374 g/mol. The summed E-state index contributed by atoms with van der Waals surface area (Å²) in [7, 11) is 1.34. The molecule has 0 unspecified atom stereocenters. The summed E-state index contributed by atoms with van der Waals surface area (Å²) in [4.78, 5) is 28.2. The number of esters is 1. The Balaban J connectivity index is 2.05. The number of fused-ring (bicyclic) bond motifs is 1. The fraction of sp³-hybridized carbons (Fsp3) is 0.238. The van der Waals surface area contributed by atoms with Crippen LogP contribution in [0.4, 0.5) is 5.69 Å². The maximum absolute atomic E-state index is 12.2. The van der Waals surface area contributed by atoms with E-state index in [1.165, 1.54) is 19.2 Å². The number of rotatable bonds is 8. The van der Waals surface area contributed by atoms with Gasteiger partial charge >= 0.3 is 5.97 Å². The number of non-ortho nitro benzene ring substituents is 1. The smallest absolute Gasteiger partial charge is 0.340 e. The number of hydrogen-bond acceptors (Lipinski definition) is 6. The standard InChI is InChI=1S/C21H21N3O5/c1-3-11-29-22-19(15-7-6-8-16(12-15)24(26)27)14-23-13-18(21(25)28-2)17-9-4-5-10-20(17)23/h4-10,12-13H,3,11,14H2,1-2H3/b22-19+. The summed E-state index contributed by atoms with van der Waals surface area (Å²) in [6.07, 6.45) is 2.48. The number of para-hydroxylation sites is 1. The number of hydrogen-bond donors (Lipinski definition) is 0. The van der Waals surface area contributed by atoms with Gasteiger partial charge in [0.15, 0.2) is 0 Å². The summed E-state index contributed by atoms with van der Waals surface area (Å²) in [6.45, 7) is 2.66. The Hall–Kier alpha value is -3.68. The number of benzene rings is 2. The Labute approximate surface area is 167 Å². The van der Waals surface area contributed by atoms with Crippen LogP contribution in [0.15, 0.2) is 59.9 Å². The summed E-state index contributed by atoms with van der Waals surface area (Å²) in [5.41, 5.74) is 2.32. The Morgan fingerprint density at radius 1 is 1.21 bits per heavy atom. The van der Waals surface area contributed by atoms with Crippen molar-refractivity contribution >= 4 is 28.3 Å². The third-order valence-corrected chi connectivity index (χ3v) is 4.37. The SMILES string of the molecule is CCCO/N=C(\Cn1cc(C(=O)OC)c2ccccc21)c1cccc([N+](=O)[O-])c1. The molecule has 0 aliphatic rings. The molecule has 8 nitrogen and oxygen atoms in total. The minimum atomic E-state index is -0.450. The van der Waals surface area contributed by atoms with E-state index in [0.717, 1.165) is 17.3 Å². The second-order valence-electron chi connectivity index (χ2n) is 6.36. The van der Waals surface area contributed by atoms with Gasteiger partial charge in [-0.3, -0.25) is 10.1 Å². The van der Waals surface area contributed by atoms with Gasteiger partial charge in [-0.2, -0.15) is 0 Å². The van der Waals surface area contributed by atoms with Crippen LogP contribution >= 0.6 is 0 Å². The molecule has 0 aliphatic heterocycles. The molecule has 29 heavy (non-hydrogen) atoms. The van der Waals surface area contributed by atoms with Crippen LogP contribution in [-0.2, 0) is 16.1 Å². The van der Waals surface area contributed by atoms with E-state index in [1.807, 2.05) is 35.8 Å². The van der Waals surface area contributed by atoms with Gasteiger partial charge in [0, 0.05) is 34.8 Å². The normalized spacial score (nSPS) is 11.4. The van der Waals surface area contributed by atoms with Crippen LogP contribution in [0.5, 0.6) is 0 Å². The number of ether oxygens (including phenoxy) is 1. The maximum Gasteiger partial charge on any atom is 0.340 e. The molecule has 0 atom stereocenters. The van der Waals surface area contributed by atoms with Gasteiger partial charge in [-0.1, -0.05) is 42.4 Å². The van der Waals surface area contributed by atoms with Crippen molar-refractivity contribution in [2.75, 3.05) is 13.7 Å². The van der Waals surface area contributed by atoms with Crippen LogP contribution in [0, 0.1) is 10.1 Å². The van der Waals surface area contributed by atoms with E-state index < -0.39 is 10.9 Å².